The van der Waals surface area contributed by atoms with Gasteiger partial charge >= 0.3 is 6.18 Å². The topological polar surface area (TPSA) is 49.4 Å². The summed E-state index contributed by atoms with van der Waals surface area (Å²) in [5, 5.41) is 0. The van der Waals surface area contributed by atoms with Gasteiger partial charge in [0.1, 0.15) is 22.9 Å². The maximum Gasteiger partial charge on any atom is 0.393 e. The first-order valence-corrected chi connectivity index (χ1v) is 4.91. The van der Waals surface area contributed by atoms with Crippen LogP contribution in [0.25, 0.3) is 0 Å². The third-order valence-electron chi connectivity index (χ3n) is 1.57. The van der Waals surface area contributed by atoms with Crippen LogP contribution in [0, 0.1) is 5.82 Å². The Morgan fingerprint density at radius 1 is 1.38 bits per heavy atom. The summed E-state index contributed by atoms with van der Waals surface area (Å²) in [7, 11) is 0. The Morgan fingerprint density at radius 2 is 2.00 bits per heavy atom. The number of rotatable bonds is 3. The van der Waals surface area contributed by atoms with Gasteiger partial charge in [0.2, 0.25) is 0 Å². The van der Waals surface area contributed by atoms with E-state index in [1.165, 1.54) is 0 Å². The van der Waals surface area contributed by atoms with E-state index in [0.29, 0.717) is 6.07 Å². The van der Waals surface area contributed by atoms with Gasteiger partial charge < -0.3 is 8.74 Å². The molecule has 0 spiro atoms. The van der Waals surface area contributed by atoms with E-state index in [4.69, 9.17) is 0 Å². The van der Waals surface area contributed by atoms with Gasteiger partial charge in [0, 0.05) is 5.56 Å². The molecule has 1 unspecified atom stereocenters. The van der Waals surface area contributed by atoms with Gasteiger partial charge in [-0.15, -0.1) is 0 Å². The molecular weight excluding hydrogens is 252 g/mol. The average molecular weight is 257 g/mol. The van der Waals surface area contributed by atoms with Crippen LogP contribution in [0.15, 0.2) is 18.2 Å². The molecule has 1 aromatic rings. The molecule has 0 bridgehead atoms. The van der Waals surface area contributed by atoms with Crippen molar-refractivity contribution in [3.8, 4) is 5.75 Å². The minimum absolute atomic E-state index is 0.535. The molecule has 0 aliphatic carbocycles. The van der Waals surface area contributed by atoms with Gasteiger partial charge in [0.15, 0.2) is 0 Å². The maximum absolute atomic E-state index is 12.7. The van der Waals surface area contributed by atoms with Crippen molar-refractivity contribution >= 4 is 11.4 Å². The van der Waals surface area contributed by atoms with Crippen molar-refractivity contribution in [2.24, 2.45) is 0 Å². The lowest BCUT2D eigenvalue weighted by Crippen LogP contribution is -2.13. The van der Waals surface area contributed by atoms with Gasteiger partial charge in [0.25, 0.3) is 0 Å². The van der Waals surface area contributed by atoms with Crippen molar-refractivity contribution in [3.05, 3.63) is 29.6 Å². The Labute approximate surface area is 90.5 Å². The fourth-order valence-corrected chi connectivity index (χ4v) is 1.37. The maximum atomic E-state index is 12.7. The molecule has 0 aliphatic heterocycles. The fourth-order valence-electron chi connectivity index (χ4n) is 1.06. The summed E-state index contributed by atoms with van der Waals surface area (Å²) in [6, 6.07) is 2.21. The van der Waals surface area contributed by atoms with Crippen molar-refractivity contribution in [1.29, 1.82) is 0 Å². The molecule has 0 saturated heterocycles. The molecule has 1 atom stereocenters. The fraction of sp³-hybridized carbons (Fsp3) is 0.250. The highest BCUT2D eigenvalue weighted by Gasteiger charge is 2.29. The average Bonchev–Trinajstić information content (AvgIpc) is 2.06. The van der Waals surface area contributed by atoms with Crippen LogP contribution >= 0.6 is 0 Å². The van der Waals surface area contributed by atoms with Crippen molar-refractivity contribution in [2.75, 3.05) is 0 Å². The first-order valence-electron chi connectivity index (χ1n) is 3.91. The van der Waals surface area contributed by atoms with E-state index in [1.54, 1.807) is 0 Å². The molecule has 0 saturated carbocycles. The highest BCUT2D eigenvalue weighted by molar-refractivity contribution is 7.74. The lowest BCUT2D eigenvalue weighted by atomic mass is 10.1. The Morgan fingerprint density at radius 3 is 2.50 bits per heavy atom. The third kappa shape index (κ3) is 4.15. The van der Waals surface area contributed by atoms with E-state index in [0.717, 1.165) is 12.1 Å². The van der Waals surface area contributed by atoms with Crippen molar-refractivity contribution < 1.29 is 30.5 Å². The normalized spacial score (nSPS) is 13.6. The standard InChI is InChI=1S/C8H6F4O3S/c9-6-1-2-7(15-16(13)14)5(3-6)4-8(10,11)12/h1-3H,4H2,(H,13,14)/p-1. The molecule has 8 heteroatoms. The Hall–Kier alpha value is -1.15. The lowest BCUT2D eigenvalue weighted by molar-refractivity contribution is -0.127. The predicted molar refractivity (Wildman–Crippen MR) is 45.7 cm³/mol. The van der Waals surface area contributed by atoms with Crippen molar-refractivity contribution in [1.82, 2.24) is 0 Å². The second-order valence-electron chi connectivity index (χ2n) is 2.83. The van der Waals surface area contributed by atoms with E-state index in [9.17, 15) is 26.3 Å². The highest BCUT2D eigenvalue weighted by Crippen LogP contribution is 2.28. The zero-order chi connectivity index (χ0) is 12.3. The summed E-state index contributed by atoms with van der Waals surface area (Å²) < 4.78 is 73.3. The quantitative estimate of drug-likeness (QED) is 0.615. The largest absolute Gasteiger partial charge is 0.740 e. The first kappa shape index (κ1) is 12.9. The van der Waals surface area contributed by atoms with E-state index >= 15 is 0 Å². The van der Waals surface area contributed by atoms with E-state index in [1.807, 2.05) is 0 Å². The zero-order valence-electron chi connectivity index (χ0n) is 7.58. The van der Waals surface area contributed by atoms with Crippen LogP contribution in [-0.4, -0.2) is 14.9 Å². The van der Waals surface area contributed by atoms with E-state index in [2.05, 4.69) is 4.18 Å². The Bertz CT molecular complexity index is 405. The summed E-state index contributed by atoms with van der Waals surface area (Å²) >= 11 is -3.00. The van der Waals surface area contributed by atoms with Crippen LogP contribution < -0.4 is 4.18 Å². The van der Waals surface area contributed by atoms with Gasteiger partial charge in [-0.2, -0.15) is 13.2 Å². The molecule has 1 rings (SSSR count). The lowest BCUT2D eigenvalue weighted by Gasteiger charge is -2.13. The molecule has 0 heterocycles. The van der Waals surface area contributed by atoms with Crippen molar-refractivity contribution in [3.63, 3.8) is 0 Å². The van der Waals surface area contributed by atoms with Gasteiger partial charge in [0.05, 0.1) is 6.42 Å². The number of benzene rings is 1. The van der Waals surface area contributed by atoms with Crippen LogP contribution in [-0.2, 0) is 17.8 Å². The molecule has 0 fully saturated rings. The van der Waals surface area contributed by atoms with Gasteiger partial charge in [-0.1, -0.05) is 0 Å². The van der Waals surface area contributed by atoms with Crippen LogP contribution in [0.3, 0.4) is 0 Å². The molecule has 0 aliphatic rings. The molecular formula is C8H5F4O3S-. The van der Waals surface area contributed by atoms with Gasteiger partial charge in [-0.3, -0.25) is 0 Å². The molecule has 1 aromatic carbocycles. The van der Waals surface area contributed by atoms with Gasteiger partial charge in [-0.05, 0) is 18.2 Å². The van der Waals surface area contributed by atoms with Crippen LogP contribution in [0.2, 0.25) is 0 Å². The highest BCUT2D eigenvalue weighted by atomic mass is 32.2. The Balaban J connectivity index is 3.03. The van der Waals surface area contributed by atoms with E-state index < -0.39 is 41.1 Å². The monoisotopic (exact) mass is 257 g/mol. The summed E-state index contributed by atoms with van der Waals surface area (Å²) in [5.74, 6) is -1.43. The van der Waals surface area contributed by atoms with Gasteiger partial charge in [-0.25, -0.2) is 8.60 Å². The van der Waals surface area contributed by atoms with Crippen LogP contribution in [0.4, 0.5) is 17.6 Å². The van der Waals surface area contributed by atoms with Crippen LogP contribution in [0.5, 0.6) is 5.75 Å². The SMILES string of the molecule is O=S([O-])Oc1ccc(F)cc1CC(F)(F)F. The first-order chi connectivity index (χ1) is 7.28. The van der Waals surface area contributed by atoms with Crippen molar-refractivity contribution in [2.45, 2.75) is 12.6 Å². The van der Waals surface area contributed by atoms with Crippen LogP contribution in [0.1, 0.15) is 5.56 Å². The molecule has 3 nitrogen and oxygen atoms in total. The molecule has 16 heavy (non-hydrogen) atoms. The van der Waals surface area contributed by atoms with E-state index in [-0.39, 0.29) is 0 Å². The molecule has 0 aromatic heterocycles. The minimum Gasteiger partial charge on any atom is -0.740 e. The number of hydrogen-bond donors (Lipinski definition) is 0. The summed E-state index contributed by atoms with van der Waals surface area (Å²) in [4.78, 5) is 0. The zero-order valence-corrected chi connectivity index (χ0v) is 8.40. The summed E-state index contributed by atoms with van der Waals surface area (Å²) in [6.07, 6.45) is -6.03. The Kier molecular flexibility index (Phi) is 3.87. The number of alkyl halides is 3. The smallest absolute Gasteiger partial charge is 0.393 e. The number of halogens is 4. The second kappa shape index (κ2) is 4.79. The molecule has 0 amide bonds. The molecule has 0 N–H and O–H groups in total. The predicted octanol–water partition coefficient (Wildman–Crippen LogP) is 2.10. The second-order valence-corrected chi connectivity index (χ2v) is 3.41. The number of hydrogen-bond acceptors (Lipinski definition) is 3. The molecule has 90 valence electrons. The molecule has 0 radical (unpaired) electrons. The third-order valence-corrected chi connectivity index (χ3v) is 1.89. The summed E-state index contributed by atoms with van der Waals surface area (Å²) in [5.41, 5.74) is -0.572. The summed E-state index contributed by atoms with van der Waals surface area (Å²) in [6.45, 7) is 0. The minimum atomic E-state index is -4.57.